The third-order valence-corrected chi connectivity index (χ3v) is 4.72. The normalized spacial score (nSPS) is 14.7. The standard InChI is InChI=1S/C24H32N2O5/c1-24(2,3)31-23(30)25-20(22(29)26-14-7-4-8-15-26)17-19-12-9-11-18(16-19)10-5-6-13-21(27)28/h9,11-12,16,20H,4,6-8,13-15,17H2,1-3H3,(H,25,30)(H,27,28). The summed E-state index contributed by atoms with van der Waals surface area (Å²) in [5, 5.41) is 11.5. The minimum Gasteiger partial charge on any atom is -0.481 e. The maximum atomic E-state index is 13.1. The van der Waals surface area contributed by atoms with Gasteiger partial charge in [-0.2, -0.15) is 0 Å². The molecule has 1 fully saturated rings. The van der Waals surface area contributed by atoms with Gasteiger partial charge < -0.3 is 20.1 Å². The topological polar surface area (TPSA) is 95.9 Å². The van der Waals surface area contributed by atoms with Gasteiger partial charge in [-0.25, -0.2) is 4.79 Å². The van der Waals surface area contributed by atoms with Crippen molar-refractivity contribution in [3.05, 3.63) is 35.4 Å². The fraction of sp³-hybridized carbons (Fsp3) is 0.542. The Morgan fingerprint density at radius 3 is 2.55 bits per heavy atom. The Morgan fingerprint density at radius 1 is 1.19 bits per heavy atom. The van der Waals surface area contributed by atoms with Crippen molar-refractivity contribution in [2.24, 2.45) is 0 Å². The van der Waals surface area contributed by atoms with Crippen molar-refractivity contribution >= 4 is 18.0 Å². The third-order valence-electron chi connectivity index (χ3n) is 4.72. The van der Waals surface area contributed by atoms with Crippen molar-refractivity contribution in [1.82, 2.24) is 10.2 Å². The SMILES string of the molecule is CC(C)(C)OC(=O)NC(Cc1cccc(C#CCCC(=O)O)c1)C(=O)N1CCCCC1. The molecule has 31 heavy (non-hydrogen) atoms. The number of benzene rings is 1. The van der Waals surface area contributed by atoms with Crippen LogP contribution in [0.25, 0.3) is 0 Å². The van der Waals surface area contributed by atoms with Crippen LogP contribution >= 0.6 is 0 Å². The molecule has 168 valence electrons. The Morgan fingerprint density at radius 2 is 1.90 bits per heavy atom. The van der Waals surface area contributed by atoms with E-state index in [0.717, 1.165) is 30.4 Å². The van der Waals surface area contributed by atoms with Crippen LogP contribution in [0.2, 0.25) is 0 Å². The van der Waals surface area contributed by atoms with Gasteiger partial charge in [0.1, 0.15) is 11.6 Å². The zero-order valence-corrected chi connectivity index (χ0v) is 18.6. The van der Waals surface area contributed by atoms with E-state index >= 15 is 0 Å². The van der Waals surface area contributed by atoms with Gasteiger partial charge in [0, 0.05) is 31.5 Å². The molecule has 1 aromatic carbocycles. The first-order valence-corrected chi connectivity index (χ1v) is 10.7. The van der Waals surface area contributed by atoms with Crippen molar-refractivity contribution in [2.45, 2.75) is 70.9 Å². The summed E-state index contributed by atoms with van der Waals surface area (Å²) in [7, 11) is 0. The van der Waals surface area contributed by atoms with Crippen molar-refractivity contribution in [3.63, 3.8) is 0 Å². The highest BCUT2D eigenvalue weighted by Crippen LogP contribution is 2.15. The first-order valence-electron chi connectivity index (χ1n) is 10.7. The van der Waals surface area contributed by atoms with E-state index in [1.807, 2.05) is 24.3 Å². The van der Waals surface area contributed by atoms with Crippen molar-refractivity contribution in [2.75, 3.05) is 13.1 Å². The fourth-order valence-corrected chi connectivity index (χ4v) is 3.33. The summed E-state index contributed by atoms with van der Waals surface area (Å²) in [6.45, 7) is 6.72. The molecule has 1 atom stereocenters. The zero-order valence-electron chi connectivity index (χ0n) is 18.6. The van der Waals surface area contributed by atoms with Crippen molar-refractivity contribution < 1.29 is 24.2 Å². The molecular weight excluding hydrogens is 396 g/mol. The van der Waals surface area contributed by atoms with E-state index in [1.165, 1.54) is 0 Å². The molecule has 0 aromatic heterocycles. The molecule has 1 aliphatic heterocycles. The lowest BCUT2D eigenvalue weighted by Crippen LogP contribution is -2.51. The Bertz CT molecular complexity index is 842. The van der Waals surface area contributed by atoms with Gasteiger partial charge in [-0.05, 0) is 57.7 Å². The molecule has 0 aliphatic carbocycles. The summed E-state index contributed by atoms with van der Waals surface area (Å²) in [4.78, 5) is 37.9. The predicted octanol–water partition coefficient (Wildman–Crippen LogP) is 3.35. The van der Waals surface area contributed by atoms with E-state index in [0.29, 0.717) is 19.5 Å². The van der Waals surface area contributed by atoms with Gasteiger partial charge in [0.15, 0.2) is 0 Å². The number of rotatable bonds is 6. The molecule has 1 aliphatic rings. The first kappa shape index (κ1) is 24.3. The summed E-state index contributed by atoms with van der Waals surface area (Å²) in [6.07, 6.45) is 3.01. The van der Waals surface area contributed by atoms with Crippen molar-refractivity contribution in [1.29, 1.82) is 0 Å². The number of piperidine rings is 1. The van der Waals surface area contributed by atoms with Crippen LogP contribution in [0.1, 0.15) is 64.0 Å². The number of carbonyl (C=O) groups is 3. The van der Waals surface area contributed by atoms with Gasteiger partial charge in [-0.3, -0.25) is 9.59 Å². The zero-order chi connectivity index (χ0) is 22.9. The van der Waals surface area contributed by atoms with Gasteiger partial charge in [0.25, 0.3) is 0 Å². The van der Waals surface area contributed by atoms with Crippen LogP contribution in [0.5, 0.6) is 0 Å². The van der Waals surface area contributed by atoms with Gasteiger partial charge in [0.05, 0.1) is 6.42 Å². The van der Waals surface area contributed by atoms with Gasteiger partial charge in [0.2, 0.25) is 5.91 Å². The Balaban J connectivity index is 2.14. The van der Waals surface area contributed by atoms with Crippen LogP contribution in [0.15, 0.2) is 24.3 Å². The van der Waals surface area contributed by atoms with Crippen LogP contribution in [0.4, 0.5) is 4.79 Å². The molecule has 1 heterocycles. The molecule has 2 rings (SSSR count). The number of aliphatic carboxylic acids is 1. The lowest BCUT2D eigenvalue weighted by molar-refractivity contribution is -0.137. The average molecular weight is 429 g/mol. The van der Waals surface area contributed by atoms with E-state index in [1.54, 1.807) is 25.7 Å². The van der Waals surface area contributed by atoms with Crippen LogP contribution in [0, 0.1) is 11.8 Å². The number of hydrogen-bond donors (Lipinski definition) is 2. The number of likely N-dealkylation sites (tertiary alicyclic amines) is 1. The molecule has 2 N–H and O–H groups in total. The molecular formula is C24H32N2O5. The molecule has 0 saturated carbocycles. The fourth-order valence-electron chi connectivity index (χ4n) is 3.33. The quantitative estimate of drug-likeness (QED) is 0.678. The van der Waals surface area contributed by atoms with E-state index in [-0.39, 0.29) is 18.7 Å². The highest BCUT2D eigenvalue weighted by atomic mass is 16.6. The summed E-state index contributed by atoms with van der Waals surface area (Å²) < 4.78 is 5.36. The number of amides is 2. The molecule has 7 heteroatoms. The Kier molecular flexibility index (Phi) is 8.92. The molecule has 2 amide bonds. The number of carbonyl (C=O) groups excluding carboxylic acids is 2. The smallest absolute Gasteiger partial charge is 0.408 e. The second-order valence-corrected chi connectivity index (χ2v) is 8.68. The second kappa shape index (κ2) is 11.4. The van der Waals surface area contributed by atoms with Crippen LogP contribution in [-0.4, -0.2) is 52.7 Å². The van der Waals surface area contributed by atoms with E-state index in [9.17, 15) is 14.4 Å². The number of nitrogens with zero attached hydrogens (tertiary/aromatic N) is 1. The van der Waals surface area contributed by atoms with Gasteiger partial charge >= 0.3 is 12.1 Å². The first-order chi connectivity index (χ1) is 14.6. The molecule has 0 bridgehead atoms. The second-order valence-electron chi connectivity index (χ2n) is 8.68. The predicted molar refractivity (Wildman–Crippen MR) is 117 cm³/mol. The summed E-state index contributed by atoms with van der Waals surface area (Å²) in [6, 6.07) is 6.69. The monoisotopic (exact) mass is 428 g/mol. The molecule has 1 unspecified atom stereocenters. The Labute approximate surface area is 184 Å². The van der Waals surface area contributed by atoms with E-state index in [2.05, 4.69) is 17.2 Å². The lowest BCUT2D eigenvalue weighted by Gasteiger charge is -2.31. The molecule has 1 saturated heterocycles. The number of carboxylic acids is 1. The minimum atomic E-state index is -0.879. The number of nitrogens with one attached hydrogen (secondary N) is 1. The van der Waals surface area contributed by atoms with E-state index < -0.39 is 23.7 Å². The number of ether oxygens (including phenoxy) is 1. The third kappa shape index (κ3) is 9.12. The summed E-state index contributed by atoms with van der Waals surface area (Å²) in [5.74, 6) is 4.82. The van der Waals surface area contributed by atoms with Crippen LogP contribution < -0.4 is 5.32 Å². The highest BCUT2D eigenvalue weighted by molar-refractivity contribution is 5.86. The summed E-state index contributed by atoms with van der Waals surface area (Å²) in [5.41, 5.74) is 0.939. The van der Waals surface area contributed by atoms with Crippen molar-refractivity contribution in [3.8, 4) is 11.8 Å². The number of hydrogen-bond acceptors (Lipinski definition) is 4. The molecule has 0 radical (unpaired) electrons. The molecule has 1 aromatic rings. The number of alkyl carbamates (subject to hydrolysis) is 1. The average Bonchev–Trinajstić information content (AvgIpc) is 2.69. The maximum absolute atomic E-state index is 13.1. The largest absolute Gasteiger partial charge is 0.481 e. The Hall–Kier alpha value is -3.01. The highest BCUT2D eigenvalue weighted by Gasteiger charge is 2.29. The van der Waals surface area contributed by atoms with Gasteiger partial charge in [-0.1, -0.05) is 24.0 Å². The molecule has 0 spiro atoms. The van der Waals surface area contributed by atoms with E-state index in [4.69, 9.17) is 9.84 Å². The minimum absolute atomic E-state index is 0.00108. The van der Waals surface area contributed by atoms with Crippen LogP contribution in [0.3, 0.4) is 0 Å². The summed E-state index contributed by atoms with van der Waals surface area (Å²) >= 11 is 0. The lowest BCUT2D eigenvalue weighted by atomic mass is 10.0. The maximum Gasteiger partial charge on any atom is 0.408 e. The molecule has 7 nitrogen and oxygen atoms in total. The van der Waals surface area contributed by atoms with Gasteiger partial charge in [-0.15, -0.1) is 0 Å². The number of carboxylic acid groups (broad SMARTS) is 1. The van der Waals surface area contributed by atoms with Crippen LogP contribution in [-0.2, 0) is 20.7 Å².